The van der Waals surface area contributed by atoms with Crippen LogP contribution in [0.4, 0.5) is 0 Å². The second kappa shape index (κ2) is 8.10. The number of rotatable bonds is 7. The third-order valence-electron chi connectivity index (χ3n) is 3.65. The summed E-state index contributed by atoms with van der Waals surface area (Å²) in [7, 11) is 0. The summed E-state index contributed by atoms with van der Waals surface area (Å²) in [6, 6.07) is 0. The third kappa shape index (κ3) is 4.91. The molecule has 2 aromatic rings. The molecule has 0 aliphatic heterocycles. The summed E-state index contributed by atoms with van der Waals surface area (Å²) in [5, 5.41) is 11.6. The van der Waals surface area contributed by atoms with Crippen LogP contribution >= 0.6 is 31.9 Å². The average Bonchev–Trinajstić information content (AvgIpc) is 3.02. The number of halogens is 2. The second-order valence-corrected chi connectivity index (χ2v) is 7.34. The average molecular weight is 447 g/mol. The van der Waals surface area contributed by atoms with Crippen LogP contribution in [0.5, 0.6) is 0 Å². The molecule has 8 heteroatoms. The van der Waals surface area contributed by atoms with Gasteiger partial charge in [0.2, 0.25) is 5.91 Å². The number of carbonyl (C=O) groups is 1. The van der Waals surface area contributed by atoms with Crippen LogP contribution in [0.3, 0.4) is 0 Å². The minimum absolute atomic E-state index is 0.0474. The molecule has 0 aliphatic carbocycles. The van der Waals surface area contributed by atoms with Gasteiger partial charge in [-0.25, -0.2) is 0 Å². The predicted molar refractivity (Wildman–Crippen MR) is 96.1 cm³/mol. The summed E-state index contributed by atoms with van der Waals surface area (Å²) >= 11 is 6.87. The summed E-state index contributed by atoms with van der Waals surface area (Å²) in [6.07, 6.45) is 4.43. The molecular weight excluding hydrogens is 426 g/mol. The Morgan fingerprint density at radius 3 is 2.70 bits per heavy atom. The zero-order valence-corrected chi connectivity index (χ0v) is 16.7. The minimum atomic E-state index is -0.121. The Balaban J connectivity index is 1.72. The first-order chi connectivity index (χ1) is 10.9. The fourth-order valence-corrected chi connectivity index (χ4v) is 2.92. The Kier molecular flexibility index (Phi) is 6.41. The van der Waals surface area contributed by atoms with Gasteiger partial charge in [-0.05, 0) is 52.1 Å². The van der Waals surface area contributed by atoms with Gasteiger partial charge in [-0.3, -0.25) is 14.2 Å². The van der Waals surface area contributed by atoms with Crippen LogP contribution in [0.1, 0.15) is 24.7 Å². The van der Waals surface area contributed by atoms with Crippen LogP contribution in [0.2, 0.25) is 0 Å². The number of aryl methyl sites for hydroxylation is 2. The Morgan fingerprint density at radius 2 is 2.13 bits per heavy atom. The molecule has 126 valence electrons. The highest BCUT2D eigenvalue weighted by Gasteiger charge is 2.14. The summed E-state index contributed by atoms with van der Waals surface area (Å²) in [5.74, 6) is -0.0733. The van der Waals surface area contributed by atoms with Crippen molar-refractivity contribution in [3.05, 3.63) is 32.7 Å². The largest absolute Gasteiger partial charge is 0.356 e. The fraction of sp³-hybridized carbons (Fsp3) is 0.533. The van der Waals surface area contributed by atoms with E-state index < -0.39 is 0 Å². The normalized spacial score (nSPS) is 12.4. The first-order valence-corrected chi connectivity index (χ1v) is 9.12. The zero-order chi connectivity index (χ0) is 17.0. The molecule has 23 heavy (non-hydrogen) atoms. The van der Waals surface area contributed by atoms with Crippen molar-refractivity contribution in [3.63, 3.8) is 0 Å². The Bertz CT molecular complexity index is 679. The monoisotopic (exact) mass is 445 g/mol. The predicted octanol–water partition coefficient (Wildman–Crippen LogP) is 3.06. The Morgan fingerprint density at radius 1 is 1.39 bits per heavy atom. The van der Waals surface area contributed by atoms with Crippen molar-refractivity contribution in [3.8, 4) is 0 Å². The SMILES string of the molecule is Cc1nn(CCCNC(=O)C(C)Cn2cc(Br)cn2)c(C)c1Br. The van der Waals surface area contributed by atoms with E-state index in [1.165, 1.54) is 0 Å². The van der Waals surface area contributed by atoms with Gasteiger partial charge in [0.25, 0.3) is 0 Å². The molecule has 0 aromatic carbocycles. The molecule has 0 saturated heterocycles. The standard InChI is InChI=1S/C15H21Br2N5O/c1-10(8-21-9-13(16)7-19-21)15(23)18-5-4-6-22-12(3)14(17)11(2)20-22/h7,9-10H,4-6,8H2,1-3H3,(H,18,23). The van der Waals surface area contributed by atoms with Gasteiger partial charge < -0.3 is 5.32 Å². The van der Waals surface area contributed by atoms with Crippen molar-refractivity contribution < 1.29 is 4.79 Å². The first kappa shape index (κ1) is 18.2. The van der Waals surface area contributed by atoms with Crippen LogP contribution in [0, 0.1) is 19.8 Å². The van der Waals surface area contributed by atoms with Crippen LogP contribution in [-0.4, -0.2) is 32.0 Å². The molecule has 0 spiro atoms. The van der Waals surface area contributed by atoms with Gasteiger partial charge in [-0.15, -0.1) is 0 Å². The number of hydrogen-bond acceptors (Lipinski definition) is 3. The molecule has 0 aliphatic rings. The van der Waals surface area contributed by atoms with E-state index in [0.717, 1.165) is 33.3 Å². The van der Waals surface area contributed by atoms with Gasteiger partial charge in [0, 0.05) is 25.0 Å². The van der Waals surface area contributed by atoms with Gasteiger partial charge in [-0.1, -0.05) is 6.92 Å². The molecule has 1 amide bonds. The van der Waals surface area contributed by atoms with E-state index in [-0.39, 0.29) is 11.8 Å². The lowest BCUT2D eigenvalue weighted by atomic mass is 10.1. The van der Waals surface area contributed by atoms with Crippen molar-refractivity contribution in [2.45, 2.75) is 40.3 Å². The molecule has 1 atom stereocenters. The molecule has 0 fully saturated rings. The van der Waals surface area contributed by atoms with E-state index in [1.54, 1.807) is 10.9 Å². The van der Waals surface area contributed by atoms with Crippen molar-refractivity contribution in [1.29, 1.82) is 0 Å². The molecule has 2 heterocycles. The zero-order valence-electron chi connectivity index (χ0n) is 13.5. The van der Waals surface area contributed by atoms with E-state index >= 15 is 0 Å². The van der Waals surface area contributed by atoms with Crippen molar-refractivity contribution in [2.75, 3.05) is 6.54 Å². The van der Waals surface area contributed by atoms with Crippen LogP contribution in [0.15, 0.2) is 21.3 Å². The van der Waals surface area contributed by atoms with Crippen LogP contribution in [-0.2, 0) is 17.9 Å². The van der Waals surface area contributed by atoms with Crippen molar-refractivity contribution >= 4 is 37.8 Å². The molecule has 1 unspecified atom stereocenters. The lowest BCUT2D eigenvalue weighted by Gasteiger charge is -2.12. The van der Waals surface area contributed by atoms with Gasteiger partial charge in [0.05, 0.1) is 33.3 Å². The number of nitrogens with zero attached hydrogens (tertiary/aromatic N) is 4. The summed E-state index contributed by atoms with van der Waals surface area (Å²) in [5.41, 5.74) is 2.11. The van der Waals surface area contributed by atoms with E-state index in [1.807, 2.05) is 31.6 Å². The Hall–Kier alpha value is -1.15. The minimum Gasteiger partial charge on any atom is -0.356 e. The molecular formula is C15H21Br2N5O. The molecule has 6 nitrogen and oxygen atoms in total. The number of nitrogens with one attached hydrogen (secondary N) is 1. The lowest BCUT2D eigenvalue weighted by molar-refractivity contribution is -0.124. The molecule has 2 rings (SSSR count). The number of carbonyl (C=O) groups excluding carboxylic acids is 1. The summed E-state index contributed by atoms with van der Waals surface area (Å²) in [4.78, 5) is 12.1. The second-order valence-electron chi connectivity index (χ2n) is 5.63. The molecule has 0 radical (unpaired) electrons. The maximum Gasteiger partial charge on any atom is 0.224 e. The summed E-state index contributed by atoms with van der Waals surface area (Å²) in [6.45, 7) is 7.92. The van der Waals surface area contributed by atoms with E-state index in [2.05, 4.69) is 47.4 Å². The highest BCUT2D eigenvalue weighted by Crippen LogP contribution is 2.19. The smallest absolute Gasteiger partial charge is 0.224 e. The van der Waals surface area contributed by atoms with Gasteiger partial charge in [-0.2, -0.15) is 10.2 Å². The lowest BCUT2D eigenvalue weighted by Crippen LogP contribution is -2.32. The van der Waals surface area contributed by atoms with Gasteiger partial charge in [0.15, 0.2) is 0 Å². The van der Waals surface area contributed by atoms with E-state index in [9.17, 15) is 4.79 Å². The van der Waals surface area contributed by atoms with E-state index in [4.69, 9.17) is 0 Å². The van der Waals surface area contributed by atoms with Gasteiger partial charge >= 0.3 is 0 Å². The quantitative estimate of drug-likeness (QED) is 0.664. The molecule has 0 bridgehead atoms. The number of hydrogen-bond donors (Lipinski definition) is 1. The molecule has 1 N–H and O–H groups in total. The molecule has 2 aromatic heterocycles. The Labute approximate surface area is 152 Å². The summed E-state index contributed by atoms with van der Waals surface area (Å²) < 4.78 is 5.71. The number of aromatic nitrogens is 4. The van der Waals surface area contributed by atoms with Gasteiger partial charge in [0.1, 0.15) is 0 Å². The first-order valence-electron chi connectivity index (χ1n) is 7.53. The molecule has 0 saturated carbocycles. The van der Waals surface area contributed by atoms with Crippen LogP contribution < -0.4 is 5.32 Å². The number of amides is 1. The maximum absolute atomic E-state index is 12.1. The topological polar surface area (TPSA) is 64.7 Å². The van der Waals surface area contributed by atoms with Crippen molar-refractivity contribution in [2.24, 2.45) is 5.92 Å². The van der Waals surface area contributed by atoms with Crippen molar-refractivity contribution in [1.82, 2.24) is 24.9 Å². The fourth-order valence-electron chi connectivity index (χ4n) is 2.31. The van der Waals surface area contributed by atoms with Crippen LogP contribution in [0.25, 0.3) is 0 Å². The van der Waals surface area contributed by atoms with E-state index in [0.29, 0.717) is 13.1 Å². The highest BCUT2D eigenvalue weighted by molar-refractivity contribution is 9.10. The highest BCUT2D eigenvalue weighted by atomic mass is 79.9. The third-order valence-corrected chi connectivity index (χ3v) is 5.21. The maximum atomic E-state index is 12.1.